The average molecular weight is 602 g/mol. The van der Waals surface area contributed by atoms with Gasteiger partial charge in [0.15, 0.2) is 0 Å². The molecule has 0 fully saturated rings. The minimum absolute atomic E-state index is 0.00924. The monoisotopic (exact) mass is 601 g/mol. The molecule has 1 N–H and O–H groups in total. The smallest absolute Gasteiger partial charge is 0.264 e. The summed E-state index contributed by atoms with van der Waals surface area (Å²) in [4.78, 5) is 29.3. The van der Waals surface area contributed by atoms with E-state index in [1.807, 2.05) is 68.4 Å². The van der Waals surface area contributed by atoms with Gasteiger partial charge in [-0.2, -0.15) is 0 Å². The van der Waals surface area contributed by atoms with E-state index in [9.17, 15) is 22.4 Å². The molecule has 9 heteroatoms. The maximum atomic E-state index is 14.3. The number of nitrogens with zero attached hydrogens (tertiary/aromatic N) is 2. The molecule has 0 aliphatic carbocycles. The summed E-state index contributed by atoms with van der Waals surface area (Å²) in [6.07, 6.45) is 0.228. The van der Waals surface area contributed by atoms with E-state index >= 15 is 0 Å². The zero-order valence-electron chi connectivity index (χ0n) is 24.5. The summed E-state index contributed by atoms with van der Waals surface area (Å²) in [5.74, 6) is -1.46. The van der Waals surface area contributed by atoms with Gasteiger partial charge in [0.2, 0.25) is 11.8 Å². The maximum absolute atomic E-state index is 14.3. The second kappa shape index (κ2) is 14.1. The van der Waals surface area contributed by atoms with E-state index < -0.39 is 34.3 Å². The number of hydrogen-bond donors (Lipinski definition) is 1. The molecular weight excluding hydrogens is 565 g/mol. The van der Waals surface area contributed by atoms with Gasteiger partial charge in [0.25, 0.3) is 10.0 Å². The van der Waals surface area contributed by atoms with Crippen molar-refractivity contribution >= 4 is 27.5 Å². The number of amides is 2. The molecule has 7 nitrogen and oxygen atoms in total. The fourth-order valence-corrected chi connectivity index (χ4v) is 6.24. The van der Waals surface area contributed by atoms with Crippen molar-refractivity contribution in [3.05, 3.63) is 131 Å². The summed E-state index contributed by atoms with van der Waals surface area (Å²) in [6, 6.07) is 27.3. The van der Waals surface area contributed by atoms with E-state index in [4.69, 9.17) is 0 Å². The van der Waals surface area contributed by atoms with Gasteiger partial charge in [0.05, 0.1) is 10.6 Å². The van der Waals surface area contributed by atoms with Crippen LogP contribution in [0.15, 0.2) is 108 Å². The van der Waals surface area contributed by atoms with Gasteiger partial charge in [0, 0.05) is 19.5 Å². The van der Waals surface area contributed by atoms with Gasteiger partial charge < -0.3 is 10.2 Å². The molecule has 0 spiro atoms. The van der Waals surface area contributed by atoms with Crippen molar-refractivity contribution in [1.82, 2.24) is 10.2 Å². The van der Waals surface area contributed by atoms with Gasteiger partial charge >= 0.3 is 0 Å². The Morgan fingerprint density at radius 2 is 1.47 bits per heavy atom. The van der Waals surface area contributed by atoms with Crippen LogP contribution < -0.4 is 9.62 Å². The van der Waals surface area contributed by atoms with E-state index in [2.05, 4.69) is 5.32 Å². The Hall–Kier alpha value is -4.50. The predicted octanol–water partition coefficient (Wildman–Crippen LogP) is 5.41. The number of nitrogens with one attached hydrogen (secondary N) is 1. The van der Waals surface area contributed by atoms with Gasteiger partial charge in [-0.25, -0.2) is 12.8 Å². The lowest BCUT2D eigenvalue weighted by Gasteiger charge is -2.34. The van der Waals surface area contributed by atoms with Crippen molar-refractivity contribution in [2.45, 2.75) is 44.7 Å². The fourth-order valence-electron chi connectivity index (χ4n) is 4.83. The summed E-state index contributed by atoms with van der Waals surface area (Å²) >= 11 is 0. The Balaban J connectivity index is 1.79. The first-order valence-electron chi connectivity index (χ1n) is 14.1. The molecular formula is C34H36FN3O4S. The van der Waals surface area contributed by atoms with Crippen molar-refractivity contribution in [1.29, 1.82) is 0 Å². The highest BCUT2D eigenvalue weighted by molar-refractivity contribution is 7.92. The highest BCUT2D eigenvalue weighted by Crippen LogP contribution is 2.26. The highest BCUT2D eigenvalue weighted by Gasteiger charge is 2.34. The van der Waals surface area contributed by atoms with E-state index in [-0.39, 0.29) is 29.5 Å². The molecule has 224 valence electrons. The highest BCUT2D eigenvalue weighted by atomic mass is 32.2. The Kier molecular flexibility index (Phi) is 10.3. The predicted molar refractivity (Wildman–Crippen MR) is 166 cm³/mol. The van der Waals surface area contributed by atoms with Crippen molar-refractivity contribution in [3.8, 4) is 0 Å². The number of carbonyl (C=O) groups is 2. The summed E-state index contributed by atoms with van der Waals surface area (Å²) < 4.78 is 42.8. The number of hydrogen-bond acceptors (Lipinski definition) is 4. The maximum Gasteiger partial charge on any atom is 0.264 e. The standard InChI is InChI=1S/C34H36FN3O4S/c1-4-36-34(40)32(22-27-10-6-5-7-11-27)37(23-28-12-8-9-26(3)21-28)33(39)24-38(30-17-15-29(35)16-18-30)43(41,42)31-19-13-25(2)14-20-31/h5-21,32H,4,22-24H2,1-3H3,(H,36,40). The summed E-state index contributed by atoms with van der Waals surface area (Å²) in [5.41, 5.74) is 3.63. The van der Waals surface area contributed by atoms with Crippen LogP contribution in [0.2, 0.25) is 0 Å². The minimum atomic E-state index is -4.24. The summed E-state index contributed by atoms with van der Waals surface area (Å²) in [6.45, 7) is 5.42. The molecule has 0 aromatic heterocycles. The zero-order chi connectivity index (χ0) is 31.0. The number of likely N-dealkylation sites (N-methyl/N-ethyl adjacent to an activating group) is 1. The lowest BCUT2D eigenvalue weighted by Crippen LogP contribution is -2.53. The van der Waals surface area contributed by atoms with Crippen LogP contribution in [0.25, 0.3) is 0 Å². The largest absolute Gasteiger partial charge is 0.355 e. The molecule has 0 radical (unpaired) electrons. The normalized spacial score (nSPS) is 11.9. The number of aryl methyl sites for hydroxylation is 2. The van der Waals surface area contributed by atoms with E-state index in [1.54, 1.807) is 19.1 Å². The third-order valence-corrected chi connectivity index (χ3v) is 8.85. The van der Waals surface area contributed by atoms with E-state index in [1.165, 1.54) is 29.2 Å². The third-order valence-electron chi connectivity index (χ3n) is 7.06. The van der Waals surface area contributed by atoms with Crippen LogP contribution in [-0.2, 0) is 32.6 Å². The second-order valence-electron chi connectivity index (χ2n) is 10.4. The van der Waals surface area contributed by atoms with Gasteiger partial charge in [-0.05, 0) is 68.3 Å². The van der Waals surface area contributed by atoms with Crippen LogP contribution in [0.3, 0.4) is 0 Å². The van der Waals surface area contributed by atoms with Gasteiger partial charge in [-0.1, -0.05) is 77.9 Å². The number of sulfonamides is 1. The van der Waals surface area contributed by atoms with E-state index in [0.717, 1.165) is 38.7 Å². The summed E-state index contributed by atoms with van der Waals surface area (Å²) in [5, 5.41) is 2.84. The van der Waals surface area contributed by atoms with Crippen molar-refractivity contribution in [2.24, 2.45) is 0 Å². The molecule has 4 rings (SSSR count). The van der Waals surface area contributed by atoms with Crippen LogP contribution in [0.5, 0.6) is 0 Å². The quantitative estimate of drug-likeness (QED) is 0.235. The molecule has 0 bridgehead atoms. The lowest BCUT2D eigenvalue weighted by molar-refractivity contribution is -0.140. The molecule has 0 aliphatic heterocycles. The number of anilines is 1. The Labute approximate surface area is 253 Å². The molecule has 0 aliphatic rings. The molecule has 1 atom stereocenters. The summed E-state index contributed by atoms with van der Waals surface area (Å²) in [7, 11) is -4.24. The Morgan fingerprint density at radius 3 is 2.09 bits per heavy atom. The number of carbonyl (C=O) groups excluding carboxylic acids is 2. The zero-order valence-corrected chi connectivity index (χ0v) is 25.4. The number of benzene rings is 4. The lowest BCUT2D eigenvalue weighted by atomic mass is 10.0. The molecule has 0 saturated carbocycles. The molecule has 1 unspecified atom stereocenters. The van der Waals surface area contributed by atoms with Crippen LogP contribution in [0.1, 0.15) is 29.2 Å². The van der Waals surface area contributed by atoms with Crippen molar-refractivity contribution in [3.63, 3.8) is 0 Å². The second-order valence-corrected chi connectivity index (χ2v) is 12.3. The van der Waals surface area contributed by atoms with Gasteiger partial charge in [-0.3, -0.25) is 13.9 Å². The molecule has 0 heterocycles. The van der Waals surface area contributed by atoms with E-state index in [0.29, 0.717) is 6.54 Å². The molecule has 4 aromatic rings. The number of rotatable bonds is 12. The topological polar surface area (TPSA) is 86.8 Å². The van der Waals surface area contributed by atoms with Crippen molar-refractivity contribution in [2.75, 3.05) is 17.4 Å². The minimum Gasteiger partial charge on any atom is -0.355 e. The number of halogens is 1. The first kappa shape index (κ1) is 31.4. The SMILES string of the molecule is CCNC(=O)C(Cc1ccccc1)N(Cc1cccc(C)c1)C(=O)CN(c1ccc(F)cc1)S(=O)(=O)c1ccc(C)cc1. The third kappa shape index (κ3) is 8.08. The molecule has 2 amide bonds. The molecule has 4 aromatic carbocycles. The molecule has 0 saturated heterocycles. The van der Waals surface area contributed by atoms with Crippen molar-refractivity contribution < 1.29 is 22.4 Å². The van der Waals surface area contributed by atoms with Crippen LogP contribution in [-0.4, -0.2) is 44.3 Å². The van der Waals surface area contributed by atoms with Crippen LogP contribution >= 0.6 is 0 Å². The van der Waals surface area contributed by atoms with Crippen LogP contribution in [0, 0.1) is 19.7 Å². The fraction of sp³-hybridized carbons (Fsp3) is 0.235. The van der Waals surface area contributed by atoms with Gasteiger partial charge in [-0.15, -0.1) is 0 Å². The molecule has 43 heavy (non-hydrogen) atoms. The average Bonchev–Trinajstić information content (AvgIpc) is 2.99. The van der Waals surface area contributed by atoms with Gasteiger partial charge in [0.1, 0.15) is 18.4 Å². The Bertz CT molecular complexity index is 1640. The first-order chi connectivity index (χ1) is 20.6. The first-order valence-corrected chi connectivity index (χ1v) is 15.5. The Morgan fingerprint density at radius 1 is 0.814 bits per heavy atom. The van der Waals surface area contributed by atoms with Crippen LogP contribution in [0.4, 0.5) is 10.1 Å².